The van der Waals surface area contributed by atoms with Crippen molar-refractivity contribution in [2.75, 3.05) is 19.0 Å². The molecule has 0 saturated heterocycles. The minimum atomic E-state index is 0.567. The zero-order valence-electron chi connectivity index (χ0n) is 12.6. The first kappa shape index (κ1) is 14.7. The van der Waals surface area contributed by atoms with E-state index in [0.717, 1.165) is 5.56 Å². The van der Waals surface area contributed by atoms with E-state index in [-0.39, 0.29) is 0 Å². The summed E-state index contributed by atoms with van der Waals surface area (Å²) in [5.74, 6) is 1.95. The number of aromatic nitrogens is 2. The maximum Gasteiger partial charge on any atom is 0.257 e. The number of thioether (sulfide) groups is 1. The van der Waals surface area contributed by atoms with Gasteiger partial charge in [0.05, 0.1) is 5.75 Å². The fraction of sp³-hybridized carbons (Fsp3) is 0.176. The first-order valence-electron chi connectivity index (χ1n) is 7.01. The van der Waals surface area contributed by atoms with Crippen molar-refractivity contribution >= 4 is 17.4 Å². The monoisotopic (exact) mass is 311 g/mol. The van der Waals surface area contributed by atoms with Gasteiger partial charge in [0.1, 0.15) is 0 Å². The van der Waals surface area contributed by atoms with Gasteiger partial charge in [0.25, 0.3) is 5.89 Å². The Labute approximate surface area is 134 Å². The summed E-state index contributed by atoms with van der Waals surface area (Å²) in [6.07, 6.45) is 0. The van der Waals surface area contributed by atoms with Gasteiger partial charge in [-0.05, 0) is 24.3 Å². The Bertz CT molecular complexity index is 740. The van der Waals surface area contributed by atoms with E-state index in [4.69, 9.17) is 4.52 Å². The number of para-hydroxylation sites is 1. The lowest BCUT2D eigenvalue weighted by atomic mass is 10.2. The molecule has 1 aromatic heterocycles. The number of benzene rings is 2. The molecule has 1 heterocycles. The van der Waals surface area contributed by atoms with Gasteiger partial charge in [0.2, 0.25) is 0 Å². The Balaban J connectivity index is 1.72. The van der Waals surface area contributed by atoms with E-state index in [1.165, 1.54) is 10.6 Å². The highest BCUT2D eigenvalue weighted by Gasteiger charge is 2.10. The molecule has 5 heteroatoms. The Morgan fingerprint density at radius 1 is 1.00 bits per heavy atom. The molecule has 22 heavy (non-hydrogen) atoms. The van der Waals surface area contributed by atoms with Crippen LogP contribution in [-0.2, 0) is 5.75 Å². The van der Waals surface area contributed by atoms with E-state index in [0.29, 0.717) is 17.5 Å². The van der Waals surface area contributed by atoms with Crippen LogP contribution in [0.15, 0.2) is 64.0 Å². The van der Waals surface area contributed by atoms with E-state index in [2.05, 4.69) is 27.2 Å². The Kier molecular flexibility index (Phi) is 4.44. The summed E-state index contributed by atoms with van der Waals surface area (Å²) in [7, 11) is 4.09. The highest BCUT2D eigenvalue weighted by molar-refractivity contribution is 7.98. The molecule has 0 amide bonds. The molecule has 3 rings (SSSR count). The third-order valence-electron chi connectivity index (χ3n) is 3.19. The van der Waals surface area contributed by atoms with Gasteiger partial charge in [-0.1, -0.05) is 35.5 Å². The molecule has 0 N–H and O–H groups in total. The van der Waals surface area contributed by atoms with Crippen molar-refractivity contribution in [1.82, 2.24) is 10.1 Å². The van der Waals surface area contributed by atoms with Gasteiger partial charge in [-0.2, -0.15) is 4.98 Å². The summed E-state index contributed by atoms with van der Waals surface area (Å²) in [4.78, 5) is 7.77. The molecule has 3 aromatic rings. The van der Waals surface area contributed by atoms with Crippen LogP contribution in [0.1, 0.15) is 5.82 Å². The molecule has 0 bridgehead atoms. The van der Waals surface area contributed by atoms with Crippen LogP contribution >= 0.6 is 11.8 Å². The van der Waals surface area contributed by atoms with Crippen LogP contribution in [0.4, 0.5) is 5.69 Å². The molecule has 0 aliphatic carbocycles. The summed E-state index contributed by atoms with van der Waals surface area (Å²) in [5.41, 5.74) is 2.14. The predicted octanol–water partition coefficient (Wildman–Crippen LogP) is 4.09. The molecule has 0 radical (unpaired) electrons. The molecule has 0 fully saturated rings. The second kappa shape index (κ2) is 6.66. The fourth-order valence-electron chi connectivity index (χ4n) is 2.10. The van der Waals surface area contributed by atoms with Crippen LogP contribution in [0.2, 0.25) is 0 Å². The first-order chi connectivity index (χ1) is 10.7. The number of anilines is 1. The molecule has 0 aliphatic rings. The summed E-state index contributed by atoms with van der Waals surface area (Å²) in [6.45, 7) is 0. The topological polar surface area (TPSA) is 42.2 Å². The van der Waals surface area contributed by atoms with E-state index in [9.17, 15) is 0 Å². The van der Waals surface area contributed by atoms with Crippen molar-refractivity contribution in [3.05, 3.63) is 60.4 Å². The minimum Gasteiger partial charge on any atom is -0.377 e. The predicted molar refractivity (Wildman–Crippen MR) is 90.1 cm³/mol. The van der Waals surface area contributed by atoms with Crippen molar-refractivity contribution in [1.29, 1.82) is 0 Å². The minimum absolute atomic E-state index is 0.567. The van der Waals surface area contributed by atoms with E-state index in [1.807, 2.05) is 56.6 Å². The van der Waals surface area contributed by atoms with Gasteiger partial charge < -0.3 is 9.42 Å². The van der Waals surface area contributed by atoms with Crippen LogP contribution in [0.25, 0.3) is 11.5 Å². The lowest BCUT2D eigenvalue weighted by molar-refractivity contribution is 0.425. The van der Waals surface area contributed by atoms with Crippen molar-refractivity contribution in [3.63, 3.8) is 0 Å². The Hall–Kier alpha value is -2.27. The van der Waals surface area contributed by atoms with Crippen molar-refractivity contribution in [3.8, 4) is 11.5 Å². The molecule has 0 spiro atoms. The summed E-state index contributed by atoms with van der Waals surface area (Å²) >= 11 is 1.71. The summed E-state index contributed by atoms with van der Waals surface area (Å²) in [6, 6.07) is 18.1. The van der Waals surface area contributed by atoms with E-state index < -0.39 is 0 Å². The third-order valence-corrected chi connectivity index (χ3v) is 4.25. The van der Waals surface area contributed by atoms with Crippen LogP contribution in [0.3, 0.4) is 0 Å². The normalized spacial score (nSPS) is 10.6. The Morgan fingerprint density at radius 3 is 2.50 bits per heavy atom. The van der Waals surface area contributed by atoms with E-state index in [1.54, 1.807) is 11.8 Å². The van der Waals surface area contributed by atoms with Gasteiger partial charge >= 0.3 is 0 Å². The molecule has 112 valence electrons. The highest BCUT2D eigenvalue weighted by atomic mass is 32.2. The smallest absolute Gasteiger partial charge is 0.257 e. The molecular weight excluding hydrogens is 294 g/mol. The van der Waals surface area contributed by atoms with Gasteiger partial charge in [0.15, 0.2) is 5.82 Å². The third kappa shape index (κ3) is 3.31. The van der Waals surface area contributed by atoms with Crippen molar-refractivity contribution in [2.45, 2.75) is 10.6 Å². The standard InChI is InChI=1S/C17H17N3OS/c1-20(2)14-10-6-7-11-15(14)22-12-16-18-17(21-19-16)13-8-4-3-5-9-13/h3-11H,12H2,1-2H3. The number of hydrogen-bond donors (Lipinski definition) is 0. The molecule has 0 saturated carbocycles. The van der Waals surface area contributed by atoms with Gasteiger partial charge in [-0.25, -0.2) is 0 Å². The second-order valence-corrected chi connectivity index (χ2v) is 6.05. The maximum absolute atomic E-state index is 5.33. The maximum atomic E-state index is 5.33. The molecule has 0 atom stereocenters. The summed E-state index contributed by atoms with van der Waals surface area (Å²) in [5, 5.41) is 4.06. The first-order valence-corrected chi connectivity index (χ1v) is 8.00. The molecule has 0 aliphatic heterocycles. The number of hydrogen-bond acceptors (Lipinski definition) is 5. The quantitative estimate of drug-likeness (QED) is 0.664. The number of rotatable bonds is 5. The zero-order chi connectivity index (χ0) is 15.4. The Morgan fingerprint density at radius 2 is 1.73 bits per heavy atom. The fourth-order valence-corrected chi connectivity index (χ4v) is 3.08. The van der Waals surface area contributed by atoms with Crippen LogP contribution in [-0.4, -0.2) is 24.2 Å². The second-order valence-electron chi connectivity index (χ2n) is 5.03. The van der Waals surface area contributed by atoms with Gasteiger partial charge in [-0.15, -0.1) is 11.8 Å². The lowest BCUT2D eigenvalue weighted by Crippen LogP contribution is -2.09. The zero-order valence-corrected chi connectivity index (χ0v) is 13.4. The van der Waals surface area contributed by atoms with Crippen molar-refractivity contribution in [2.24, 2.45) is 0 Å². The van der Waals surface area contributed by atoms with Crippen LogP contribution in [0, 0.1) is 0 Å². The lowest BCUT2D eigenvalue weighted by Gasteiger charge is -2.16. The molecule has 0 unspecified atom stereocenters. The average molecular weight is 311 g/mol. The van der Waals surface area contributed by atoms with Crippen molar-refractivity contribution < 1.29 is 4.52 Å². The SMILES string of the molecule is CN(C)c1ccccc1SCc1noc(-c2ccccc2)n1. The molecule has 2 aromatic carbocycles. The summed E-state index contributed by atoms with van der Waals surface area (Å²) < 4.78 is 5.33. The highest BCUT2D eigenvalue weighted by Crippen LogP contribution is 2.31. The largest absolute Gasteiger partial charge is 0.377 e. The molecule has 4 nitrogen and oxygen atoms in total. The molecular formula is C17H17N3OS. The average Bonchev–Trinajstić information content (AvgIpc) is 3.03. The van der Waals surface area contributed by atoms with Gasteiger partial charge in [-0.3, -0.25) is 0 Å². The number of nitrogens with zero attached hydrogens (tertiary/aromatic N) is 3. The van der Waals surface area contributed by atoms with Gasteiger partial charge in [0, 0.05) is 30.2 Å². The van der Waals surface area contributed by atoms with E-state index >= 15 is 0 Å². The van der Waals surface area contributed by atoms with Crippen LogP contribution < -0.4 is 4.90 Å². The van der Waals surface area contributed by atoms with Crippen LogP contribution in [0.5, 0.6) is 0 Å².